The van der Waals surface area contributed by atoms with Gasteiger partial charge < -0.3 is 25.1 Å². The lowest BCUT2D eigenvalue weighted by Crippen LogP contribution is -2.41. The topological polar surface area (TPSA) is 135 Å². The van der Waals surface area contributed by atoms with E-state index in [1.807, 2.05) is 0 Å². The van der Waals surface area contributed by atoms with Crippen molar-refractivity contribution >= 4 is 17.6 Å². The second kappa shape index (κ2) is 10.3. The zero-order valence-electron chi connectivity index (χ0n) is 18.1. The van der Waals surface area contributed by atoms with Crippen LogP contribution in [-0.4, -0.2) is 44.5 Å². The fourth-order valence-corrected chi connectivity index (χ4v) is 3.68. The molecule has 1 unspecified atom stereocenters. The average molecular weight is 449 g/mol. The molecule has 0 saturated carbocycles. The minimum Gasteiger partial charge on any atom is -0.489 e. The third kappa shape index (κ3) is 4.37. The van der Waals surface area contributed by atoms with E-state index in [4.69, 9.17) is 19.9 Å². The number of rotatable bonds is 7. The summed E-state index contributed by atoms with van der Waals surface area (Å²) in [5.41, 5.74) is 7.07. The number of benzene rings is 2. The lowest BCUT2D eigenvalue weighted by Gasteiger charge is -2.36. The van der Waals surface area contributed by atoms with E-state index in [1.54, 1.807) is 54.6 Å². The molecule has 3 rings (SSSR count). The lowest BCUT2D eigenvalue weighted by molar-refractivity contribution is -0.139. The predicted octanol–water partition coefficient (Wildman–Crippen LogP) is 1.96. The molecule has 1 heterocycles. The maximum absolute atomic E-state index is 13.1. The monoisotopic (exact) mass is 449 g/mol. The van der Waals surface area contributed by atoms with Gasteiger partial charge in [-0.05, 0) is 17.7 Å². The maximum Gasteiger partial charge on any atom is 0.355 e. The number of carbonyl (C=O) groups is 2. The molecule has 9 heteroatoms. The van der Waals surface area contributed by atoms with E-state index in [9.17, 15) is 20.0 Å². The minimum absolute atomic E-state index is 0.0205. The van der Waals surface area contributed by atoms with Gasteiger partial charge in [-0.15, -0.1) is 0 Å². The average Bonchev–Trinajstić information content (AvgIpc) is 2.86. The van der Waals surface area contributed by atoms with Crippen LogP contribution in [0, 0.1) is 11.3 Å². The van der Waals surface area contributed by atoms with Crippen LogP contribution < -0.4 is 15.4 Å². The van der Waals surface area contributed by atoms with Crippen molar-refractivity contribution in [2.75, 3.05) is 32.3 Å². The first-order chi connectivity index (χ1) is 16.0. The van der Waals surface area contributed by atoms with Crippen LogP contribution in [-0.2, 0) is 19.1 Å². The Bertz CT molecular complexity index is 1150. The van der Waals surface area contributed by atoms with Gasteiger partial charge in [-0.3, -0.25) is 4.90 Å². The lowest BCUT2D eigenvalue weighted by atomic mass is 9.81. The van der Waals surface area contributed by atoms with E-state index >= 15 is 0 Å². The number of nitriles is 1. The summed E-state index contributed by atoms with van der Waals surface area (Å²) in [6.45, 7) is -0.264. The Morgan fingerprint density at radius 3 is 2.30 bits per heavy atom. The molecule has 170 valence electrons. The van der Waals surface area contributed by atoms with Crippen LogP contribution in [0.3, 0.4) is 0 Å². The second-order valence-corrected chi connectivity index (χ2v) is 6.88. The summed E-state index contributed by atoms with van der Waals surface area (Å²) < 4.78 is 15.6. The summed E-state index contributed by atoms with van der Waals surface area (Å²) >= 11 is 0. The fourth-order valence-electron chi connectivity index (χ4n) is 3.68. The Hall–Kier alpha value is -4.29. The largest absolute Gasteiger partial charge is 0.489 e. The Morgan fingerprint density at radius 2 is 1.70 bits per heavy atom. The van der Waals surface area contributed by atoms with Crippen LogP contribution in [0.4, 0.5) is 5.69 Å². The highest BCUT2D eigenvalue weighted by Gasteiger charge is 2.43. The molecule has 0 fully saturated rings. The highest BCUT2D eigenvalue weighted by Crippen LogP contribution is 2.45. The molecule has 3 N–H and O–H groups in total. The van der Waals surface area contributed by atoms with Gasteiger partial charge >= 0.3 is 11.9 Å². The number of allylic oxidation sites excluding steroid dienone is 1. The molecule has 33 heavy (non-hydrogen) atoms. The summed E-state index contributed by atoms with van der Waals surface area (Å²) in [6, 6.07) is 17.4. The van der Waals surface area contributed by atoms with Gasteiger partial charge in [0.1, 0.15) is 23.9 Å². The fraction of sp³-hybridized carbons (Fsp3) is 0.208. The molecule has 0 bridgehead atoms. The predicted molar refractivity (Wildman–Crippen MR) is 119 cm³/mol. The van der Waals surface area contributed by atoms with E-state index in [0.717, 1.165) is 0 Å². The standard InChI is InChI=1S/C24H23N3O6/c1-31-23(29)20-19(15-8-4-3-5-9-15)16(14-25)22(26)27(21(20)24(30)32-2)17-10-6-7-11-18(17)33-13-12-28/h3-11,19,28H,12-13,26H2,1-2H3. The zero-order valence-corrected chi connectivity index (χ0v) is 18.1. The van der Waals surface area contributed by atoms with Gasteiger partial charge in [0.25, 0.3) is 0 Å². The van der Waals surface area contributed by atoms with Gasteiger partial charge in [-0.25, -0.2) is 9.59 Å². The van der Waals surface area contributed by atoms with E-state index in [-0.39, 0.29) is 47.3 Å². The number of carbonyl (C=O) groups excluding carboxylic acids is 2. The molecule has 0 spiro atoms. The highest BCUT2D eigenvalue weighted by atomic mass is 16.5. The van der Waals surface area contributed by atoms with Crippen molar-refractivity contribution in [2.24, 2.45) is 5.73 Å². The number of anilines is 1. The summed E-state index contributed by atoms with van der Waals surface area (Å²) in [4.78, 5) is 27.3. The van der Waals surface area contributed by atoms with Crippen molar-refractivity contribution in [1.82, 2.24) is 0 Å². The molecule has 2 aromatic rings. The van der Waals surface area contributed by atoms with E-state index in [1.165, 1.54) is 19.1 Å². The van der Waals surface area contributed by atoms with Gasteiger partial charge in [0.15, 0.2) is 0 Å². The number of hydrogen-bond donors (Lipinski definition) is 2. The number of nitrogens with two attached hydrogens (primary N) is 1. The summed E-state index contributed by atoms with van der Waals surface area (Å²) in [6.07, 6.45) is 0. The first-order valence-corrected chi connectivity index (χ1v) is 9.98. The van der Waals surface area contributed by atoms with Gasteiger partial charge in [-0.1, -0.05) is 42.5 Å². The second-order valence-electron chi connectivity index (χ2n) is 6.88. The smallest absolute Gasteiger partial charge is 0.355 e. The Balaban J connectivity index is 2.39. The van der Waals surface area contributed by atoms with Crippen LogP contribution in [0.1, 0.15) is 11.5 Å². The van der Waals surface area contributed by atoms with E-state index in [0.29, 0.717) is 5.56 Å². The van der Waals surface area contributed by atoms with Crippen molar-refractivity contribution in [2.45, 2.75) is 5.92 Å². The molecule has 0 amide bonds. The maximum atomic E-state index is 13.1. The molecule has 0 aliphatic carbocycles. The molecule has 2 aromatic carbocycles. The number of methoxy groups -OCH3 is 2. The molecule has 9 nitrogen and oxygen atoms in total. The molecule has 0 radical (unpaired) electrons. The molecule has 0 saturated heterocycles. The highest BCUT2D eigenvalue weighted by molar-refractivity contribution is 6.06. The van der Waals surface area contributed by atoms with Gasteiger partial charge in [0.2, 0.25) is 0 Å². The Labute approximate surface area is 190 Å². The SMILES string of the molecule is COC(=O)C1=C(C(=O)OC)N(c2ccccc2OCCO)C(N)=C(C#N)C1c1ccccc1. The molecular weight excluding hydrogens is 426 g/mol. The molecular formula is C24H23N3O6. The normalized spacial score (nSPS) is 15.7. The first-order valence-electron chi connectivity index (χ1n) is 9.98. The summed E-state index contributed by atoms with van der Waals surface area (Å²) in [5, 5.41) is 19.2. The van der Waals surface area contributed by atoms with Crippen LogP contribution in [0.25, 0.3) is 0 Å². The molecule has 1 aliphatic heterocycles. The summed E-state index contributed by atoms with van der Waals surface area (Å²) in [5.74, 6) is -2.42. The number of aliphatic hydroxyl groups excluding tert-OH is 1. The summed E-state index contributed by atoms with van der Waals surface area (Å²) in [7, 11) is 2.36. The van der Waals surface area contributed by atoms with E-state index < -0.39 is 17.9 Å². The third-order valence-corrected chi connectivity index (χ3v) is 5.07. The van der Waals surface area contributed by atoms with Crippen LogP contribution >= 0.6 is 0 Å². The Kier molecular flexibility index (Phi) is 7.33. The van der Waals surface area contributed by atoms with Crippen LogP contribution in [0.2, 0.25) is 0 Å². The van der Waals surface area contributed by atoms with Crippen molar-refractivity contribution in [3.05, 3.63) is 82.8 Å². The number of aliphatic hydroxyl groups is 1. The third-order valence-electron chi connectivity index (χ3n) is 5.07. The number of hydrogen-bond acceptors (Lipinski definition) is 9. The van der Waals surface area contributed by atoms with Crippen molar-refractivity contribution in [3.63, 3.8) is 0 Å². The number of esters is 2. The molecule has 1 atom stereocenters. The van der Waals surface area contributed by atoms with Crippen LogP contribution in [0.15, 0.2) is 77.3 Å². The van der Waals surface area contributed by atoms with Gasteiger partial charge in [0, 0.05) is 0 Å². The van der Waals surface area contributed by atoms with Gasteiger partial charge in [0.05, 0.1) is 49.6 Å². The zero-order chi connectivity index (χ0) is 24.0. The van der Waals surface area contributed by atoms with E-state index in [2.05, 4.69) is 6.07 Å². The van der Waals surface area contributed by atoms with Crippen molar-refractivity contribution < 1.29 is 28.9 Å². The first kappa shape index (κ1) is 23.4. The quantitative estimate of drug-likeness (QED) is 0.608. The Morgan fingerprint density at radius 1 is 1.06 bits per heavy atom. The van der Waals surface area contributed by atoms with Crippen molar-refractivity contribution in [1.29, 1.82) is 5.26 Å². The molecule has 1 aliphatic rings. The molecule has 0 aromatic heterocycles. The number of para-hydroxylation sites is 2. The van der Waals surface area contributed by atoms with Crippen molar-refractivity contribution in [3.8, 4) is 11.8 Å². The number of ether oxygens (including phenoxy) is 3. The minimum atomic E-state index is -0.959. The van der Waals surface area contributed by atoms with Crippen LogP contribution in [0.5, 0.6) is 5.75 Å². The van der Waals surface area contributed by atoms with Gasteiger partial charge in [-0.2, -0.15) is 5.26 Å². The number of nitrogens with zero attached hydrogens (tertiary/aromatic N) is 2.